The van der Waals surface area contributed by atoms with Crippen LogP contribution in [0, 0.1) is 0 Å². The minimum Gasteiger partial charge on any atom is -0.378 e. The van der Waals surface area contributed by atoms with Gasteiger partial charge < -0.3 is 15.4 Å². The predicted molar refractivity (Wildman–Crippen MR) is 137 cm³/mol. The summed E-state index contributed by atoms with van der Waals surface area (Å²) in [5.74, 6) is -1.34. The van der Waals surface area contributed by atoms with Gasteiger partial charge in [0, 0.05) is 54.1 Å². The van der Waals surface area contributed by atoms with E-state index >= 15 is 0 Å². The normalized spacial score (nSPS) is 19.1. The van der Waals surface area contributed by atoms with Gasteiger partial charge in [0.2, 0.25) is 0 Å². The highest BCUT2D eigenvalue weighted by Gasteiger charge is 2.43. The third-order valence-electron chi connectivity index (χ3n) is 5.59. The van der Waals surface area contributed by atoms with Gasteiger partial charge in [-0.3, -0.25) is 35.7 Å². The van der Waals surface area contributed by atoms with Crippen molar-refractivity contribution in [2.45, 2.75) is 25.2 Å². The van der Waals surface area contributed by atoms with E-state index in [4.69, 9.17) is 4.74 Å². The summed E-state index contributed by atoms with van der Waals surface area (Å²) in [5, 5.41) is 8.15. The van der Waals surface area contributed by atoms with Gasteiger partial charge in [-0.2, -0.15) is 13.2 Å². The van der Waals surface area contributed by atoms with Gasteiger partial charge in [-0.15, -0.1) is 11.8 Å². The van der Waals surface area contributed by atoms with E-state index in [2.05, 4.69) is 41.8 Å². The van der Waals surface area contributed by atoms with Crippen LogP contribution < -0.4 is 26.8 Å². The molecule has 2 unspecified atom stereocenters. The lowest BCUT2D eigenvalue weighted by Gasteiger charge is -2.22. The maximum Gasteiger partial charge on any atom is 0.411 e. The maximum atomic E-state index is 13.3. The number of alkyl halides is 3. The molecule has 0 radical (unpaired) electrons. The average molecular weight is 567 g/mol. The Bertz CT molecular complexity index is 1270. The summed E-state index contributed by atoms with van der Waals surface area (Å²) in [6, 6.07) is -0.151. The fourth-order valence-electron chi connectivity index (χ4n) is 3.66. The molecular formula is C23H25F3N8O4S. The molecule has 2 aliphatic heterocycles. The number of carbonyl (C=O) groups is 3. The number of rotatable bonds is 6. The summed E-state index contributed by atoms with van der Waals surface area (Å²) in [5.41, 5.74) is 5.70. The molecule has 4 rings (SSSR count). The van der Waals surface area contributed by atoms with Gasteiger partial charge in [0.05, 0.1) is 23.8 Å². The molecule has 4 heterocycles. The average Bonchev–Trinajstić information content (AvgIpc) is 3.43. The number of nitrogens with zero attached hydrogens (tertiary/aromatic N) is 3. The molecule has 2 atom stereocenters. The molecule has 16 heteroatoms. The van der Waals surface area contributed by atoms with E-state index in [0.717, 1.165) is 11.8 Å². The summed E-state index contributed by atoms with van der Waals surface area (Å²) >= 11 is 0.923. The number of amides is 4. The summed E-state index contributed by atoms with van der Waals surface area (Å²) in [6.45, 7) is 3.23. The van der Waals surface area contributed by atoms with Gasteiger partial charge in [-0.1, -0.05) is 0 Å². The third kappa shape index (κ3) is 7.21. The van der Waals surface area contributed by atoms with Gasteiger partial charge in [0.25, 0.3) is 11.8 Å². The Morgan fingerprint density at radius 2 is 1.97 bits per heavy atom. The van der Waals surface area contributed by atoms with Crippen LogP contribution in [0.2, 0.25) is 0 Å². The number of nitrogens with one attached hydrogen (secondary N) is 5. The highest BCUT2D eigenvalue weighted by Crippen LogP contribution is 2.36. The van der Waals surface area contributed by atoms with Gasteiger partial charge in [-0.05, 0) is 19.1 Å². The Morgan fingerprint density at radius 1 is 1.15 bits per heavy atom. The van der Waals surface area contributed by atoms with E-state index in [1.54, 1.807) is 6.92 Å². The molecule has 1 saturated heterocycles. The van der Waals surface area contributed by atoms with E-state index in [0.29, 0.717) is 30.8 Å². The second kappa shape index (κ2) is 12.4. The molecule has 0 saturated carbocycles. The molecule has 2 aliphatic rings. The van der Waals surface area contributed by atoms with E-state index in [1.165, 1.54) is 30.7 Å². The summed E-state index contributed by atoms with van der Waals surface area (Å²) in [6.07, 6.45) is -0.465. The van der Waals surface area contributed by atoms with E-state index in [1.807, 2.05) is 0 Å². The molecule has 0 aliphatic carbocycles. The Labute approximate surface area is 224 Å². The van der Waals surface area contributed by atoms with Crippen LogP contribution in [-0.4, -0.2) is 83.2 Å². The van der Waals surface area contributed by atoms with Gasteiger partial charge in [-0.25, -0.2) is 9.78 Å². The number of carbonyl (C=O) groups excluding carboxylic acids is 3. The Balaban J connectivity index is 1.59. The SMILES string of the molecule is CCNC(=O)Nc1cc(C2=NC(C(F)(F)F)CS2)c(-c2cncc(C(=O)NNC(=O)C3COCCN3)c2)cn1. The highest BCUT2D eigenvalue weighted by molar-refractivity contribution is 8.14. The summed E-state index contributed by atoms with van der Waals surface area (Å²) in [4.78, 5) is 49.1. The molecule has 1 fully saturated rings. The zero-order valence-corrected chi connectivity index (χ0v) is 21.4. The molecule has 0 bridgehead atoms. The molecule has 39 heavy (non-hydrogen) atoms. The number of aromatic nitrogens is 2. The number of morpholine rings is 1. The molecule has 0 spiro atoms. The monoisotopic (exact) mass is 566 g/mol. The standard InChI is InChI=1S/C23H25F3N8O4S/c1-2-28-22(37)32-18-6-14(21-31-17(11-39-21)23(24,25)26)15(9-30-18)12-5-13(8-27-7-12)19(35)33-34-20(36)16-10-38-4-3-29-16/h5-9,16-17,29H,2-4,10-11H2,1H3,(H,33,35)(H,34,36)(H2,28,30,32,37). The largest absolute Gasteiger partial charge is 0.411 e. The van der Waals surface area contributed by atoms with Gasteiger partial charge in [0.1, 0.15) is 11.9 Å². The van der Waals surface area contributed by atoms with Crippen molar-refractivity contribution in [3.05, 3.63) is 41.9 Å². The Hall–Kier alpha value is -3.76. The first kappa shape index (κ1) is 28.3. The molecule has 0 aromatic carbocycles. The minimum absolute atomic E-state index is 0.0744. The van der Waals surface area contributed by atoms with Crippen molar-refractivity contribution in [2.24, 2.45) is 4.99 Å². The Morgan fingerprint density at radius 3 is 2.67 bits per heavy atom. The minimum atomic E-state index is -4.51. The lowest BCUT2D eigenvalue weighted by atomic mass is 10.0. The van der Waals surface area contributed by atoms with Crippen molar-refractivity contribution in [2.75, 3.05) is 37.4 Å². The molecule has 4 amide bonds. The number of aliphatic imine (C=N–C) groups is 1. The highest BCUT2D eigenvalue weighted by atomic mass is 32.2. The molecule has 12 nitrogen and oxygen atoms in total. The lowest BCUT2D eigenvalue weighted by molar-refractivity contribution is -0.141. The number of halogens is 3. The zero-order valence-electron chi connectivity index (χ0n) is 20.6. The summed E-state index contributed by atoms with van der Waals surface area (Å²) < 4.78 is 45.1. The predicted octanol–water partition coefficient (Wildman–Crippen LogP) is 1.46. The Kier molecular flexibility index (Phi) is 8.98. The van der Waals surface area contributed by atoms with Crippen molar-refractivity contribution < 1.29 is 32.3 Å². The van der Waals surface area contributed by atoms with Crippen LogP contribution in [0.15, 0.2) is 35.7 Å². The fourth-order valence-corrected chi connectivity index (χ4v) is 4.77. The number of hydrogen-bond donors (Lipinski definition) is 5. The smallest absolute Gasteiger partial charge is 0.378 e. The van der Waals surface area contributed by atoms with Crippen molar-refractivity contribution in [3.63, 3.8) is 0 Å². The first-order valence-electron chi connectivity index (χ1n) is 11.8. The first-order valence-corrected chi connectivity index (χ1v) is 12.8. The lowest BCUT2D eigenvalue weighted by Crippen LogP contribution is -2.55. The number of pyridine rings is 2. The van der Waals surface area contributed by atoms with Crippen LogP contribution >= 0.6 is 11.8 Å². The van der Waals surface area contributed by atoms with E-state index < -0.39 is 36.1 Å². The summed E-state index contributed by atoms with van der Waals surface area (Å²) in [7, 11) is 0. The number of anilines is 1. The van der Waals surface area contributed by atoms with E-state index in [9.17, 15) is 27.6 Å². The number of hydrogen-bond acceptors (Lipinski definition) is 9. The van der Waals surface area contributed by atoms with E-state index in [-0.39, 0.29) is 34.3 Å². The molecule has 2 aromatic rings. The molecule has 2 aromatic heterocycles. The van der Waals surface area contributed by atoms with Crippen molar-refractivity contribution in [1.29, 1.82) is 0 Å². The first-order chi connectivity index (χ1) is 18.7. The van der Waals surface area contributed by atoms with Crippen LogP contribution in [0.1, 0.15) is 22.8 Å². The fraction of sp³-hybridized carbons (Fsp3) is 0.391. The van der Waals surface area contributed by atoms with Crippen LogP contribution in [0.5, 0.6) is 0 Å². The number of thioether (sulfide) groups is 1. The quantitative estimate of drug-likeness (QED) is 0.329. The van der Waals surface area contributed by atoms with Crippen LogP contribution in [0.3, 0.4) is 0 Å². The van der Waals surface area contributed by atoms with Crippen LogP contribution in [0.4, 0.5) is 23.8 Å². The van der Waals surface area contributed by atoms with Crippen molar-refractivity contribution in [3.8, 4) is 11.1 Å². The zero-order chi connectivity index (χ0) is 28.0. The number of urea groups is 1. The second-order valence-electron chi connectivity index (χ2n) is 8.39. The second-order valence-corrected chi connectivity index (χ2v) is 9.40. The molecule has 5 N–H and O–H groups in total. The molecular weight excluding hydrogens is 541 g/mol. The third-order valence-corrected chi connectivity index (χ3v) is 6.67. The number of hydrazine groups is 1. The molecule has 208 valence electrons. The van der Waals surface area contributed by atoms with Crippen LogP contribution in [-0.2, 0) is 9.53 Å². The maximum absolute atomic E-state index is 13.3. The van der Waals surface area contributed by atoms with Crippen LogP contribution in [0.25, 0.3) is 11.1 Å². The van der Waals surface area contributed by atoms with Crippen molar-refractivity contribution >= 4 is 40.5 Å². The van der Waals surface area contributed by atoms with Gasteiger partial charge in [0.15, 0.2) is 6.04 Å². The topological polar surface area (TPSA) is 159 Å². The van der Waals surface area contributed by atoms with Gasteiger partial charge >= 0.3 is 12.2 Å². The number of ether oxygens (including phenoxy) is 1. The van der Waals surface area contributed by atoms with Crippen molar-refractivity contribution in [1.82, 2.24) is 31.5 Å².